The number of aryl methyl sites for hydroxylation is 2. The molecule has 2 heterocycles. The first-order valence-electron chi connectivity index (χ1n) is 6.12. The maximum absolute atomic E-state index is 10.4. The quantitative estimate of drug-likeness (QED) is 0.925. The minimum absolute atomic E-state index is 0.296. The lowest BCUT2D eigenvalue weighted by Gasteiger charge is -2.08. The van der Waals surface area contributed by atoms with Crippen LogP contribution in [0.15, 0.2) is 16.9 Å². The van der Waals surface area contributed by atoms with Gasteiger partial charge in [-0.15, -0.1) is 5.10 Å². The average Bonchev–Trinajstić information content (AvgIpc) is 2.98. The molecule has 19 heavy (non-hydrogen) atoms. The number of rotatable bonds is 4. The van der Waals surface area contributed by atoms with E-state index < -0.39 is 6.10 Å². The Kier molecular flexibility index (Phi) is 3.10. The van der Waals surface area contributed by atoms with Crippen LogP contribution >= 0.6 is 15.9 Å². The fourth-order valence-electron chi connectivity index (χ4n) is 1.95. The van der Waals surface area contributed by atoms with Gasteiger partial charge in [-0.25, -0.2) is 0 Å². The van der Waals surface area contributed by atoms with Gasteiger partial charge >= 0.3 is 0 Å². The van der Waals surface area contributed by atoms with Gasteiger partial charge in [0.1, 0.15) is 16.8 Å². The summed E-state index contributed by atoms with van der Waals surface area (Å²) < 4.78 is 9.56. The fraction of sp³-hybridized carbons (Fsp3) is 0.500. The van der Waals surface area contributed by atoms with Crippen LogP contribution in [0, 0.1) is 0 Å². The predicted octanol–water partition coefficient (Wildman–Crippen LogP) is 1.54. The molecule has 1 N–H and O–H groups in total. The van der Waals surface area contributed by atoms with Gasteiger partial charge in [-0.05, 0) is 28.8 Å². The predicted molar refractivity (Wildman–Crippen MR) is 71.8 cm³/mol. The number of ether oxygens (including phenoxy) is 1. The molecular formula is C12H15BrN4O2. The summed E-state index contributed by atoms with van der Waals surface area (Å²) in [7, 11) is 3.61. The van der Waals surface area contributed by atoms with Crippen molar-refractivity contribution in [3.8, 4) is 5.88 Å². The topological polar surface area (TPSA) is 65.1 Å². The minimum Gasteiger partial charge on any atom is -0.473 e. The second kappa shape index (κ2) is 4.64. The molecule has 0 aliphatic heterocycles. The van der Waals surface area contributed by atoms with Crippen LogP contribution in [0.3, 0.4) is 0 Å². The summed E-state index contributed by atoms with van der Waals surface area (Å²) in [4.78, 5) is 0. The molecule has 0 radical (unpaired) electrons. The van der Waals surface area contributed by atoms with Crippen molar-refractivity contribution in [3.63, 3.8) is 0 Å². The van der Waals surface area contributed by atoms with Crippen LogP contribution in [-0.4, -0.2) is 30.8 Å². The monoisotopic (exact) mass is 326 g/mol. The molecule has 0 saturated heterocycles. The van der Waals surface area contributed by atoms with E-state index in [0.29, 0.717) is 27.8 Å². The highest BCUT2D eigenvalue weighted by molar-refractivity contribution is 9.10. The lowest BCUT2D eigenvalue weighted by molar-refractivity contribution is 0.209. The van der Waals surface area contributed by atoms with Crippen LogP contribution in [0.2, 0.25) is 0 Å². The summed E-state index contributed by atoms with van der Waals surface area (Å²) in [5.74, 6) is 0.569. The maximum atomic E-state index is 10.4. The Hall–Kier alpha value is -1.34. The molecule has 2 aromatic heterocycles. The van der Waals surface area contributed by atoms with Gasteiger partial charge in [0, 0.05) is 31.9 Å². The largest absolute Gasteiger partial charge is 0.473 e. The molecule has 7 heteroatoms. The molecule has 0 bridgehead atoms. The molecule has 1 aliphatic rings. The van der Waals surface area contributed by atoms with E-state index in [1.165, 1.54) is 0 Å². The van der Waals surface area contributed by atoms with Crippen LogP contribution in [0.5, 0.6) is 5.88 Å². The third kappa shape index (κ3) is 2.52. The zero-order chi connectivity index (χ0) is 13.6. The molecular weight excluding hydrogens is 312 g/mol. The van der Waals surface area contributed by atoms with E-state index in [9.17, 15) is 5.11 Å². The van der Waals surface area contributed by atoms with Crippen molar-refractivity contribution in [1.82, 2.24) is 19.6 Å². The van der Waals surface area contributed by atoms with Crippen molar-refractivity contribution in [2.24, 2.45) is 14.1 Å². The first kappa shape index (κ1) is 12.7. The van der Waals surface area contributed by atoms with E-state index in [1.807, 2.05) is 7.05 Å². The molecule has 1 saturated carbocycles. The van der Waals surface area contributed by atoms with Gasteiger partial charge in [0.05, 0.1) is 5.69 Å². The van der Waals surface area contributed by atoms with Gasteiger partial charge in [0.15, 0.2) is 0 Å². The minimum atomic E-state index is -0.780. The van der Waals surface area contributed by atoms with Gasteiger partial charge in [0.2, 0.25) is 5.88 Å². The van der Waals surface area contributed by atoms with Crippen LogP contribution in [0.4, 0.5) is 0 Å². The van der Waals surface area contributed by atoms with Gasteiger partial charge in [0.25, 0.3) is 0 Å². The van der Waals surface area contributed by atoms with E-state index in [0.717, 1.165) is 12.8 Å². The third-order valence-electron chi connectivity index (χ3n) is 3.09. The van der Waals surface area contributed by atoms with Gasteiger partial charge < -0.3 is 9.84 Å². The molecule has 1 unspecified atom stereocenters. The van der Waals surface area contributed by atoms with Crippen LogP contribution in [0.1, 0.15) is 30.2 Å². The van der Waals surface area contributed by atoms with Crippen molar-refractivity contribution < 1.29 is 9.84 Å². The Morgan fingerprint density at radius 2 is 2.16 bits per heavy atom. The SMILES string of the molecule is Cn1cc(C(O)c2cc(OC3CC3)nn2C)c(Br)n1. The maximum Gasteiger partial charge on any atom is 0.233 e. The molecule has 0 aromatic carbocycles. The van der Waals surface area contributed by atoms with E-state index in [1.54, 1.807) is 28.7 Å². The Bertz CT molecular complexity index is 603. The van der Waals surface area contributed by atoms with Gasteiger partial charge in [-0.2, -0.15) is 5.10 Å². The summed E-state index contributed by atoms with van der Waals surface area (Å²) >= 11 is 3.34. The number of nitrogens with zero attached hydrogens (tertiary/aromatic N) is 4. The Labute approximate surface area is 119 Å². The average molecular weight is 327 g/mol. The number of halogens is 1. The summed E-state index contributed by atoms with van der Waals surface area (Å²) in [5, 5.41) is 18.9. The van der Waals surface area contributed by atoms with E-state index >= 15 is 0 Å². The van der Waals surface area contributed by atoms with Crippen LogP contribution in [0.25, 0.3) is 0 Å². The number of aromatic nitrogens is 4. The van der Waals surface area contributed by atoms with Gasteiger partial charge in [-0.1, -0.05) is 0 Å². The number of hydrogen-bond donors (Lipinski definition) is 1. The molecule has 6 nitrogen and oxygen atoms in total. The molecule has 2 aromatic rings. The van der Waals surface area contributed by atoms with E-state index in [4.69, 9.17) is 4.74 Å². The van der Waals surface area contributed by atoms with Crippen LogP contribution in [-0.2, 0) is 14.1 Å². The van der Waals surface area contributed by atoms with Crippen molar-refractivity contribution >= 4 is 15.9 Å². The zero-order valence-corrected chi connectivity index (χ0v) is 12.3. The molecule has 102 valence electrons. The number of aliphatic hydroxyl groups excluding tert-OH is 1. The summed E-state index contributed by atoms with van der Waals surface area (Å²) in [6.07, 6.45) is 3.47. The molecule has 0 spiro atoms. The summed E-state index contributed by atoms with van der Waals surface area (Å²) in [6, 6.07) is 1.78. The number of aliphatic hydroxyl groups is 1. The zero-order valence-electron chi connectivity index (χ0n) is 10.7. The summed E-state index contributed by atoms with van der Waals surface area (Å²) in [5.41, 5.74) is 1.40. The molecule has 1 fully saturated rings. The lowest BCUT2D eigenvalue weighted by Crippen LogP contribution is -2.06. The Balaban J connectivity index is 1.87. The Morgan fingerprint density at radius 3 is 2.74 bits per heavy atom. The van der Waals surface area contributed by atoms with Crippen molar-refractivity contribution in [2.75, 3.05) is 0 Å². The van der Waals surface area contributed by atoms with Crippen molar-refractivity contribution in [2.45, 2.75) is 25.0 Å². The highest BCUT2D eigenvalue weighted by Gasteiger charge is 2.26. The molecule has 1 aliphatic carbocycles. The highest BCUT2D eigenvalue weighted by atomic mass is 79.9. The molecule has 0 amide bonds. The first-order valence-corrected chi connectivity index (χ1v) is 6.91. The van der Waals surface area contributed by atoms with Crippen LogP contribution < -0.4 is 4.74 Å². The van der Waals surface area contributed by atoms with Crippen molar-refractivity contribution in [3.05, 3.63) is 28.1 Å². The fourth-order valence-corrected chi connectivity index (χ4v) is 2.52. The molecule has 1 atom stereocenters. The number of hydrogen-bond acceptors (Lipinski definition) is 4. The van der Waals surface area contributed by atoms with E-state index in [2.05, 4.69) is 26.1 Å². The standard InChI is InChI=1S/C12H15BrN4O2/c1-16-6-8(12(13)15-16)11(18)9-5-10(14-17(9)2)19-7-3-4-7/h5-7,11,18H,3-4H2,1-2H3. The lowest BCUT2D eigenvalue weighted by atomic mass is 10.1. The second-order valence-electron chi connectivity index (χ2n) is 4.80. The smallest absolute Gasteiger partial charge is 0.233 e. The van der Waals surface area contributed by atoms with E-state index in [-0.39, 0.29) is 0 Å². The third-order valence-corrected chi connectivity index (χ3v) is 3.71. The van der Waals surface area contributed by atoms with Gasteiger partial charge in [-0.3, -0.25) is 9.36 Å². The molecule has 3 rings (SSSR count). The first-order chi connectivity index (χ1) is 9.04. The summed E-state index contributed by atoms with van der Waals surface area (Å²) in [6.45, 7) is 0. The Morgan fingerprint density at radius 1 is 1.42 bits per heavy atom. The normalized spacial score (nSPS) is 16.6. The second-order valence-corrected chi connectivity index (χ2v) is 5.55. The van der Waals surface area contributed by atoms with Crippen molar-refractivity contribution in [1.29, 1.82) is 0 Å². The highest BCUT2D eigenvalue weighted by Crippen LogP contribution is 2.31.